The fourth-order valence-electron chi connectivity index (χ4n) is 2.02. The first-order valence-electron chi connectivity index (χ1n) is 6.85. The van der Waals surface area contributed by atoms with Gasteiger partial charge in [0.25, 0.3) is 0 Å². The van der Waals surface area contributed by atoms with Crippen molar-refractivity contribution in [1.82, 2.24) is 5.32 Å². The van der Waals surface area contributed by atoms with Crippen LogP contribution in [0, 0.1) is 0 Å². The van der Waals surface area contributed by atoms with Gasteiger partial charge in [0, 0.05) is 12.5 Å². The van der Waals surface area contributed by atoms with E-state index in [1.54, 1.807) is 19.1 Å². The van der Waals surface area contributed by atoms with E-state index < -0.39 is 11.7 Å². The lowest BCUT2D eigenvalue weighted by atomic mass is 10.0. The van der Waals surface area contributed by atoms with E-state index in [1.807, 2.05) is 0 Å². The van der Waals surface area contributed by atoms with Crippen LogP contribution in [0.4, 0.5) is 13.2 Å². The van der Waals surface area contributed by atoms with Crippen molar-refractivity contribution in [3.8, 4) is 0 Å². The Morgan fingerprint density at radius 1 is 1.33 bits per heavy atom. The minimum Gasteiger partial charge on any atom is -0.469 e. The van der Waals surface area contributed by atoms with Crippen LogP contribution in [0.5, 0.6) is 0 Å². The fourth-order valence-corrected chi connectivity index (χ4v) is 2.02. The van der Waals surface area contributed by atoms with E-state index >= 15 is 0 Å². The van der Waals surface area contributed by atoms with Gasteiger partial charge in [-0.2, -0.15) is 13.2 Å². The van der Waals surface area contributed by atoms with Crippen molar-refractivity contribution >= 4 is 5.97 Å². The number of hydrogen-bond donors (Lipinski definition) is 1. The predicted molar refractivity (Wildman–Crippen MR) is 73.7 cm³/mol. The summed E-state index contributed by atoms with van der Waals surface area (Å²) in [4.78, 5) is 9.96. The van der Waals surface area contributed by atoms with Gasteiger partial charge in [-0.05, 0) is 37.1 Å². The van der Waals surface area contributed by atoms with Crippen molar-refractivity contribution in [3.05, 3.63) is 35.4 Å². The molecule has 1 atom stereocenters. The Morgan fingerprint density at radius 2 is 1.95 bits per heavy atom. The van der Waals surface area contributed by atoms with Crippen LogP contribution in [0.1, 0.15) is 43.4 Å². The molecule has 0 bridgehead atoms. The van der Waals surface area contributed by atoms with E-state index in [9.17, 15) is 18.0 Å². The molecule has 1 unspecified atom stereocenters. The molecule has 1 N–H and O–H groups in total. The summed E-state index contributed by atoms with van der Waals surface area (Å²) in [7, 11) is 1.38. The van der Waals surface area contributed by atoms with Gasteiger partial charge >= 0.3 is 12.1 Å². The highest BCUT2D eigenvalue weighted by Crippen LogP contribution is 2.31. The van der Waals surface area contributed by atoms with Crippen molar-refractivity contribution in [2.75, 3.05) is 13.7 Å². The molecule has 6 heteroatoms. The number of benzene rings is 1. The molecular formula is C15H20F3NO2. The molecule has 0 radical (unpaired) electrons. The number of halogens is 3. The van der Waals surface area contributed by atoms with Gasteiger partial charge in [-0.3, -0.25) is 4.79 Å². The van der Waals surface area contributed by atoms with Crippen molar-refractivity contribution in [2.45, 2.75) is 38.4 Å². The van der Waals surface area contributed by atoms with Crippen molar-refractivity contribution in [2.24, 2.45) is 0 Å². The summed E-state index contributed by atoms with van der Waals surface area (Å²) < 4.78 is 41.1. The summed E-state index contributed by atoms with van der Waals surface area (Å²) in [5.41, 5.74) is 0.366. The van der Waals surface area contributed by atoms with Crippen molar-refractivity contribution < 1.29 is 22.7 Å². The molecule has 2 rings (SSSR count). The third-order valence-corrected chi connectivity index (χ3v) is 3.22. The third-order valence-electron chi connectivity index (χ3n) is 3.22. The van der Waals surface area contributed by atoms with Crippen molar-refractivity contribution in [1.29, 1.82) is 0 Å². The zero-order valence-electron chi connectivity index (χ0n) is 12.2. The molecule has 0 aliphatic carbocycles. The maximum Gasteiger partial charge on any atom is 0.416 e. The molecule has 3 nitrogen and oxygen atoms in total. The van der Waals surface area contributed by atoms with Gasteiger partial charge in [-0.15, -0.1) is 0 Å². The van der Waals surface area contributed by atoms with Crippen LogP contribution >= 0.6 is 0 Å². The molecule has 1 fully saturated rings. The molecular weight excluding hydrogens is 283 g/mol. The Morgan fingerprint density at radius 3 is 2.29 bits per heavy atom. The van der Waals surface area contributed by atoms with Crippen LogP contribution in [-0.4, -0.2) is 19.6 Å². The lowest BCUT2D eigenvalue weighted by molar-refractivity contribution is -0.140. The predicted octanol–water partition coefficient (Wildman–Crippen LogP) is 3.70. The Hall–Kier alpha value is -1.56. The minimum absolute atomic E-state index is 0.157. The quantitative estimate of drug-likeness (QED) is 0.847. The summed E-state index contributed by atoms with van der Waals surface area (Å²) in [6.45, 7) is 2.71. The Kier molecular flexibility index (Phi) is 6.68. The zero-order chi connectivity index (χ0) is 15.9. The maximum atomic E-state index is 12.3. The number of carbonyl (C=O) groups is 1. The van der Waals surface area contributed by atoms with Crippen LogP contribution in [0.3, 0.4) is 0 Å². The standard InChI is InChI=1S/C11H12F3N.C4H8O2/c12-11(13,14)9-5-3-8(4-6-9)10-2-1-7-15-10;1-3-4(5)6-2/h3-6,10,15H,1-2,7H2;3H2,1-2H3. The highest BCUT2D eigenvalue weighted by Gasteiger charge is 2.30. The molecule has 0 aromatic heterocycles. The van der Waals surface area contributed by atoms with Gasteiger partial charge < -0.3 is 10.1 Å². The largest absolute Gasteiger partial charge is 0.469 e. The van der Waals surface area contributed by atoms with Gasteiger partial charge in [0.1, 0.15) is 0 Å². The number of carbonyl (C=O) groups excluding carboxylic acids is 1. The lowest BCUT2D eigenvalue weighted by Gasteiger charge is -2.12. The van der Waals surface area contributed by atoms with Gasteiger partial charge in [-0.1, -0.05) is 19.1 Å². The highest BCUT2D eigenvalue weighted by molar-refractivity contribution is 5.68. The number of esters is 1. The maximum absolute atomic E-state index is 12.3. The Labute approximate surface area is 122 Å². The molecule has 1 aromatic carbocycles. The number of nitrogens with one attached hydrogen (secondary N) is 1. The number of hydrogen-bond acceptors (Lipinski definition) is 3. The first-order chi connectivity index (χ1) is 9.88. The molecule has 0 amide bonds. The average molecular weight is 303 g/mol. The monoisotopic (exact) mass is 303 g/mol. The summed E-state index contributed by atoms with van der Waals surface area (Å²) >= 11 is 0. The third kappa shape index (κ3) is 5.75. The first kappa shape index (κ1) is 17.5. The van der Waals surface area contributed by atoms with Crippen molar-refractivity contribution in [3.63, 3.8) is 0 Å². The van der Waals surface area contributed by atoms with Gasteiger partial charge in [0.05, 0.1) is 12.7 Å². The summed E-state index contributed by atoms with van der Waals surface area (Å²) in [6, 6.07) is 5.65. The van der Waals surface area contributed by atoms with Gasteiger partial charge in [-0.25, -0.2) is 0 Å². The number of methoxy groups -OCH3 is 1. The van der Waals surface area contributed by atoms with Crippen LogP contribution in [-0.2, 0) is 15.7 Å². The van der Waals surface area contributed by atoms with Gasteiger partial charge in [0.15, 0.2) is 0 Å². The molecule has 1 aliphatic rings. The van der Waals surface area contributed by atoms with Crippen LogP contribution in [0.25, 0.3) is 0 Å². The van der Waals surface area contributed by atoms with E-state index in [0.717, 1.165) is 37.1 Å². The summed E-state index contributed by atoms with van der Waals surface area (Å²) in [5, 5.41) is 3.25. The van der Waals surface area contributed by atoms with E-state index in [-0.39, 0.29) is 12.0 Å². The second-order valence-electron chi connectivity index (χ2n) is 4.70. The number of alkyl halides is 3. The number of rotatable bonds is 2. The molecule has 1 aromatic rings. The SMILES string of the molecule is CCC(=O)OC.FC(F)(F)c1ccc(C2CCCN2)cc1. The highest BCUT2D eigenvalue weighted by atomic mass is 19.4. The second kappa shape index (κ2) is 8.02. The summed E-state index contributed by atoms with van der Waals surface area (Å²) in [5.74, 6) is -0.157. The number of ether oxygens (including phenoxy) is 1. The molecule has 0 saturated carbocycles. The van der Waals surface area contributed by atoms with E-state index in [0.29, 0.717) is 6.42 Å². The summed E-state index contributed by atoms with van der Waals surface area (Å²) in [6.07, 6.45) is -1.67. The average Bonchev–Trinajstić information content (AvgIpc) is 3.00. The minimum atomic E-state index is -4.23. The van der Waals surface area contributed by atoms with E-state index in [1.165, 1.54) is 7.11 Å². The smallest absolute Gasteiger partial charge is 0.416 e. The first-order valence-corrected chi connectivity index (χ1v) is 6.85. The van der Waals surface area contributed by atoms with E-state index in [4.69, 9.17) is 0 Å². The van der Waals surface area contributed by atoms with E-state index in [2.05, 4.69) is 10.1 Å². The molecule has 1 heterocycles. The normalized spacial score (nSPS) is 17.9. The molecule has 118 valence electrons. The van der Waals surface area contributed by atoms with Crippen LogP contribution < -0.4 is 5.32 Å². The lowest BCUT2D eigenvalue weighted by Crippen LogP contribution is -2.13. The van der Waals surface area contributed by atoms with Gasteiger partial charge in [0.2, 0.25) is 0 Å². The van der Waals surface area contributed by atoms with Crippen LogP contribution in [0.2, 0.25) is 0 Å². The Bertz CT molecular complexity index is 431. The molecule has 0 spiro atoms. The topological polar surface area (TPSA) is 38.3 Å². The zero-order valence-corrected chi connectivity index (χ0v) is 12.2. The second-order valence-corrected chi connectivity index (χ2v) is 4.70. The fraction of sp³-hybridized carbons (Fsp3) is 0.533. The molecule has 1 saturated heterocycles. The molecule has 1 aliphatic heterocycles. The Balaban J connectivity index is 0.000000315. The van der Waals surface area contributed by atoms with Crippen LogP contribution in [0.15, 0.2) is 24.3 Å². The molecule has 21 heavy (non-hydrogen) atoms.